The van der Waals surface area contributed by atoms with Crippen molar-refractivity contribution >= 4 is 40.1 Å². The van der Waals surface area contributed by atoms with Crippen LogP contribution in [0.2, 0.25) is 5.02 Å². The number of imidazole rings is 1. The molecular formula is C39H42ClN7O4. The predicted molar refractivity (Wildman–Crippen MR) is 197 cm³/mol. The van der Waals surface area contributed by atoms with Crippen LogP contribution in [-0.4, -0.2) is 83.2 Å². The van der Waals surface area contributed by atoms with E-state index in [1.165, 1.54) is 0 Å². The largest absolute Gasteiger partial charge is 0.481 e. The van der Waals surface area contributed by atoms with Crippen molar-refractivity contribution in [2.45, 2.75) is 64.8 Å². The summed E-state index contributed by atoms with van der Waals surface area (Å²) in [6.07, 6.45) is 5.62. The van der Waals surface area contributed by atoms with E-state index in [0.717, 1.165) is 75.3 Å². The van der Waals surface area contributed by atoms with Gasteiger partial charge in [0.1, 0.15) is 0 Å². The summed E-state index contributed by atoms with van der Waals surface area (Å²) in [5.41, 5.74) is 9.05. The van der Waals surface area contributed by atoms with Crippen molar-refractivity contribution in [1.82, 2.24) is 29.3 Å². The molecule has 3 aromatic heterocycles. The van der Waals surface area contributed by atoms with Crippen molar-refractivity contribution in [3.8, 4) is 11.1 Å². The van der Waals surface area contributed by atoms with Crippen molar-refractivity contribution in [1.29, 1.82) is 0 Å². The monoisotopic (exact) mass is 707 g/mol. The number of aliphatic carboxylic acids is 1. The molecule has 3 N–H and O–H groups in total. The fourth-order valence-electron chi connectivity index (χ4n) is 7.47. The number of carbonyl (C=O) groups excluding carboxylic acids is 1. The van der Waals surface area contributed by atoms with Crippen molar-refractivity contribution < 1.29 is 19.8 Å². The van der Waals surface area contributed by atoms with Crippen molar-refractivity contribution in [2.75, 3.05) is 25.0 Å². The van der Waals surface area contributed by atoms with Gasteiger partial charge in [0.05, 0.1) is 40.1 Å². The first-order chi connectivity index (χ1) is 24.5. The van der Waals surface area contributed by atoms with Crippen LogP contribution in [0, 0.1) is 6.92 Å². The van der Waals surface area contributed by atoms with Crippen LogP contribution in [0.15, 0.2) is 60.9 Å². The fraction of sp³-hybridized carbons (Fsp3) is 0.359. The van der Waals surface area contributed by atoms with Gasteiger partial charge in [-0.25, -0.2) is 4.98 Å². The number of carbonyl (C=O) groups is 2. The third kappa shape index (κ3) is 7.25. The average Bonchev–Trinajstić information content (AvgIpc) is 3.67. The molecular weight excluding hydrogens is 666 g/mol. The number of halogens is 1. The van der Waals surface area contributed by atoms with E-state index >= 15 is 0 Å². The Bertz CT molecular complexity index is 2130. The van der Waals surface area contributed by atoms with Crippen LogP contribution in [0.5, 0.6) is 0 Å². The number of pyridine rings is 2. The molecule has 264 valence electrons. The average molecular weight is 708 g/mol. The molecule has 5 heterocycles. The minimum absolute atomic E-state index is 0.0529. The first-order valence-electron chi connectivity index (χ1n) is 17.4. The summed E-state index contributed by atoms with van der Waals surface area (Å²) in [6.45, 7) is 7.51. The molecule has 7 rings (SSSR count). The third-order valence-electron chi connectivity index (χ3n) is 10.3. The number of carboxylic acid groups (broad SMARTS) is 1. The topological polar surface area (TPSA) is 137 Å². The van der Waals surface area contributed by atoms with E-state index in [0.29, 0.717) is 43.2 Å². The van der Waals surface area contributed by atoms with Crippen LogP contribution < -0.4 is 5.32 Å². The second-order valence-corrected chi connectivity index (χ2v) is 14.2. The van der Waals surface area contributed by atoms with Crippen molar-refractivity contribution in [3.63, 3.8) is 0 Å². The minimum Gasteiger partial charge on any atom is -0.481 e. The number of amides is 1. The number of benzene rings is 2. The van der Waals surface area contributed by atoms with E-state index in [4.69, 9.17) is 21.6 Å². The highest BCUT2D eigenvalue weighted by Gasteiger charge is 2.29. The zero-order chi connectivity index (χ0) is 35.8. The number of fused-ring (bicyclic) bond motifs is 2. The Balaban J connectivity index is 1.09. The molecule has 0 spiro atoms. The number of carboxylic acids is 1. The molecule has 2 aromatic carbocycles. The molecule has 12 heteroatoms. The van der Waals surface area contributed by atoms with Gasteiger partial charge in [-0.3, -0.25) is 29.4 Å². The van der Waals surface area contributed by atoms with E-state index in [1.54, 1.807) is 6.07 Å². The summed E-state index contributed by atoms with van der Waals surface area (Å²) < 4.78 is 1.82. The van der Waals surface area contributed by atoms with E-state index in [2.05, 4.69) is 39.2 Å². The van der Waals surface area contributed by atoms with E-state index in [1.807, 2.05) is 61.3 Å². The van der Waals surface area contributed by atoms with Crippen molar-refractivity contribution in [2.24, 2.45) is 7.05 Å². The molecule has 0 bridgehead atoms. The van der Waals surface area contributed by atoms with Gasteiger partial charge in [-0.1, -0.05) is 41.9 Å². The van der Waals surface area contributed by atoms with Crippen LogP contribution in [-0.2, 0) is 37.8 Å². The molecule has 1 fully saturated rings. The Labute approximate surface area is 301 Å². The number of aromatic nitrogens is 4. The lowest BCUT2D eigenvalue weighted by atomic mass is 9.93. The highest BCUT2D eigenvalue weighted by molar-refractivity contribution is 6.36. The van der Waals surface area contributed by atoms with Crippen LogP contribution in [0.1, 0.15) is 64.2 Å². The summed E-state index contributed by atoms with van der Waals surface area (Å²) in [5.74, 6) is -0.914. The number of hydrogen-bond donors (Lipinski definition) is 3. The molecule has 1 saturated heterocycles. The summed E-state index contributed by atoms with van der Waals surface area (Å²) in [7, 11) is 1.84. The number of nitrogens with zero attached hydrogens (tertiary/aromatic N) is 6. The molecule has 5 aromatic rings. The van der Waals surface area contributed by atoms with E-state index in [-0.39, 0.29) is 30.3 Å². The van der Waals surface area contributed by atoms with Gasteiger partial charge in [0, 0.05) is 87.7 Å². The highest BCUT2D eigenvalue weighted by atomic mass is 35.5. The van der Waals surface area contributed by atoms with Gasteiger partial charge >= 0.3 is 5.97 Å². The van der Waals surface area contributed by atoms with Gasteiger partial charge in [0.15, 0.2) is 5.82 Å². The second kappa shape index (κ2) is 14.5. The van der Waals surface area contributed by atoms with Gasteiger partial charge in [-0.05, 0) is 60.7 Å². The van der Waals surface area contributed by atoms with Gasteiger partial charge in [0.2, 0.25) is 0 Å². The first kappa shape index (κ1) is 34.8. The molecule has 1 unspecified atom stereocenters. The number of β-amino-alcohol motifs (C(OH)–C–C–N with tert-alkyl or cyclic N) is 1. The Morgan fingerprint density at radius 1 is 1.10 bits per heavy atom. The van der Waals surface area contributed by atoms with E-state index in [9.17, 15) is 19.8 Å². The van der Waals surface area contributed by atoms with Gasteiger partial charge < -0.3 is 20.1 Å². The molecule has 11 nitrogen and oxygen atoms in total. The van der Waals surface area contributed by atoms with E-state index < -0.39 is 5.97 Å². The summed E-state index contributed by atoms with van der Waals surface area (Å²) in [6, 6.07) is 15.8. The highest BCUT2D eigenvalue weighted by Crippen LogP contribution is 2.37. The third-order valence-corrected chi connectivity index (χ3v) is 10.7. The zero-order valence-electron chi connectivity index (χ0n) is 29.1. The summed E-state index contributed by atoms with van der Waals surface area (Å²) >= 11 is 7.02. The SMILES string of the molecule is Cc1c(Cc2nccc3cc(CN4CC[C@@H](O)C4)cnc23)cccc1-c1cccc(NC(=O)c2nc3c(n2C)CCN(C(C)CC(=O)O)C3)c1Cl. The van der Waals surface area contributed by atoms with Gasteiger partial charge in [-0.15, -0.1) is 0 Å². The zero-order valence-corrected chi connectivity index (χ0v) is 29.8. The minimum atomic E-state index is -0.833. The Hall–Kier alpha value is -4.68. The molecule has 2 atom stereocenters. The number of nitrogens with one attached hydrogen (secondary N) is 1. The smallest absolute Gasteiger partial charge is 0.304 e. The number of hydrogen-bond acceptors (Lipinski definition) is 8. The standard InChI is InChI=1S/C39H42ClN7O4/c1-23(16-35(49)50)47-15-12-34-33(22-47)43-38(45(34)3)39(51)44-31-9-5-8-30(36(31)40)29-7-4-6-26(24(29)2)18-32-37-27(10-13-41-32)17-25(19-42-37)20-46-14-11-28(48)21-46/h4-10,13,17,19,23,28,48H,11-12,14-16,18,20-22H2,1-3H3,(H,44,51)(H,49,50)/t23?,28-/m1/s1. The maximum Gasteiger partial charge on any atom is 0.304 e. The summed E-state index contributed by atoms with van der Waals surface area (Å²) in [5, 5.41) is 23.6. The Morgan fingerprint density at radius 2 is 1.90 bits per heavy atom. The first-order valence-corrected chi connectivity index (χ1v) is 17.8. The molecule has 0 aliphatic carbocycles. The molecule has 51 heavy (non-hydrogen) atoms. The Morgan fingerprint density at radius 3 is 2.69 bits per heavy atom. The second-order valence-electron chi connectivity index (χ2n) is 13.8. The molecule has 0 radical (unpaired) electrons. The Kier molecular flexibility index (Phi) is 9.89. The van der Waals surface area contributed by atoms with Gasteiger partial charge in [0.25, 0.3) is 5.91 Å². The molecule has 1 amide bonds. The summed E-state index contributed by atoms with van der Waals surface area (Å²) in [4.78, 5) is 43.4. The predicted octanol–water partition coefficient (Wildman–Crippen LogP) is 5.62. The lowest BCUT2D eigenvalue weighted by molar-refractivity contribution is -0.138. The van der Waals surface area contributed by atoms with Crippen LogP contribution in [0.25, 0.3) is 22.0 Å². The maximum absolute atomic E-state index is 13.6. The number of aliphatic hydroxyl groups is 1. The quantitative estimate of drug-likeness (QED) is 0.169. The lowest BCUT2D eigenvalue weighted by Gasteiger charge is -2.31. The normalized spacial score (nSPS) is 17.1. The number of rotatable bonds is 10. The van der Waals surface area contributed by atoms with Crippen LogP contribution in [0.3, 0.4) is 0 Å². The van der Waals surface area contributed by atoms with Crippen LogP contribution >= 0.6 is 11.6 Å². The maximum atomic E-state index is 13.6. The van der Waals surface area contributed by atoms with Gasteiger partial charge in [-0.2, -0.15) is 0 Å². The lowest BCUT2D eigenvalue weighted by Crippen LogP contribution is -2.39. The number of likely N-dealkylation sites (tertiary alicyclic amines) is 1. The fourth-order valence-corrected chi connectivity index (χ4v) is 7.74. The molecule has 2 aliphatic heterocycles. The number of aliphatic hydroxyl groups excluding tert-OH is 1. The molecule has 2 aliphatic rings. The van der Waals surface area contributed by atoms with Crippen molar-refractivity contribution in [3.05, 3.63) is 106 Å². The molecule has 0 saturated carbocycles. The van der Waals surface area contributed by atoms with Crippen LogP contribution in [0.4, 0.5) is 5.69 Å². The number of anilines is 1.